The molecule has 156 valence electrons. The van der Waals surface area contributed by atoms with Crippen molar-refractivity contribution in [1.29, 1.82) is 0 Å². The molecule has 0 atom stereocenters. The molecule has 1 amide bonds. The van der Waals surface area contributed by atoms with Crippen LogP contribution in [0.4, 0.5) is 10.1 Å². The molecule has 0 radical (unpaired) electrons. The van der Waals surface area contributed by atoms with Crippen LogP contribution in [0.25, 0.3) is 0 Å². The Morgan fingerprint density at radius 1 is 1.03 bits per heavy atom. The van der Waals surface area contributed by atoms with Crippen LogP contribution < -0.4 is 5.32 Å². The van der Waals surface area contributed by atoms with E-state index in [2.05, 4.69) is 19.2 Å². The molecule has 2 aromatic rings. The van der Waals surface area contributed by atoms with Gasteiger partial charge in [0.25, 0.3) is 10.2 Å². The molecule has 1 aliphatic heterocycles. The zero-order valence-corrected chi connectivity index (χ0v) is 17.5. The molecular formula is C21H26FN3O3S. The fraction of sp³-hybridized carbons (Fsp3) is 0.381. The van der Waals surface area contributed by atoms with E-state index in [1.807, 2.05) is 24.3 Å². The van der Waals surface area contributed by atoms with Gasteiger partial charge in [-0.05, 0) is 47.7 Å². The highest BCUT2D eigenvalue weighted by atomic mass is 32.2. The van der Waals surface area contributed by atoms with Crippen molar-refractivity contribution in [3.05, 3.63) is 65.5 Å². The predicted octanol–water partition coefficient (Wildman–Crippen LogP) is 3.34. The minimum Gasteiger partial charge on any atom is -0.325 e. The van der Waals surface area contributed by atoms with Gasteiger partial charge in [-0.1, -0.05) is 38.1 Å². The van der Waals surface area contributed by atoms with Gasteiger partial charge in [0.1, 0.15) is 5.82 Å². The molecule has 2 aromatic carbocycles. The second kappa shape index (κ2) is 9.02. The summed E-state index contributed by atoms with van der Waals surface area (Å²) >= 11 is 0. The Kier molecular flexibility index (Phi) is 6.66. The highest BCUT2D eigenvalue weighted by molar-refractivity contribution is 7.86. The minimum atomic E-state index is -3.77. The summed E-state index contributed by atoms with van der Waals surface area (Å²) in [4.78, 5) is 12.4. The summed E-state index contributed by atoms with van der Waals surface area (Å²) in [5.41, 5.74) is 2.50. The molecule has 29 heavy (non-hydrogen) atoms. The van der Waals surface area contributed by atoms with Crippen molar-refractivity contribution in [3.8, 4) is 0 Å². The van der Waals surface area contributed by atoms with Crippen LogP contribution in [0.3, 0.4) is 0 Å². The second-order valence-electron chi connectivity index (χ2n) is 7.48. The van der Waals surface area contributed by atoms with Gasteiger partial charge in [0, 0.05) is 25.3 Å². The zero-order valence-electron chi connectivity index (χ0n) is 16.6. The Balaban J connectivity index is 1.63. The molecule has 0 bridgehead atoms. The smallest absolute Gasteiger partial charge is 0.282 e. The van der Waals surface area contributed by atoms with E-state index in [0.717, 1.165) is 5.56 Å². The summed E-state index contributed by atoms with van der Waals surface area (Å²) in [6, 6.07) is 13.3. The predicted molar refractivity (Wildman–Crippen MR) is 111 cm³/mol. The molecule has 3 rings (SSSR count). The number of nitrogens with one attached hydrogen (secondary N) is 1. The lowest BCUT2D eigenvalue weighted by molar-refractivity contribution is -0.116. The van der Waals surface area contributed by atoms with Gasteiger partial charge in [-0.25, -0.2) is 4.39 Å². The maximum absolute atomic E-state index is 13.1. The number of carbonyl (C=O) groups excluding carboxylic acids is 1. The molecule has 0 aliphatic carbocycles. The number of benzene rings is 2. The third-order valence-corrected chi connectivity index (χ3v) is 6.85. The summed E-state index contributed by atoms with van der Waals surface area (Å²) in [6.45, 7) is 4.75. The van der Waals surface area contributed by atoms with Crippen LogP contribution in [0.2, 0.25) is 0 Å². The number of rotatable bonds is 6. The highest BCUT2D eigenvalue weighted by Crippen LogP contribution is 2.20. The number of hydrogen-bond acceptors (Lipinski definition) is 3. The quantitative estimate of drug-likeness (QED) is 0.781. The van der Waals surface area contributed by atoms with Crippen LogP contribution in [0, 0.1) is 5.82 Å². The maximum Gasteiger partial charge on any atom is 0.282 e. The Labute approximate surface area is 171 Å². The number of hydrogen-bond donors (Lipinski definition) is 1. The molecule has 1 N–H and O–H groups in total. The fourth-order valence-corrected chi connectivity index (χ4v) is 4.88. The van der Waals surface area contributed by atoms with E-state index in [4.69, 9.17) is 0 Å². The van der Waals surface area contributed by atoms with Gasteiger partial charge in [-0.15, -0.1) is 0 Å². The van der Waals surface area contributed by atoms with Gasteiger partial charge >= 0.3 is 0 Å². The van der Waals surface area contributed by atoms with Crippen LogP contribution >= 0.6 is 0 Å². The number of amides is 1. The largest absolute Gasteiger partial charge is 0.325 e. The maximum atomic E-state index is 13.1. The zero-order chi connectivity index (χ0) is 21.0. The first kappa shape index (κ1) is 21.4. The Morgan fingerprint density at radius 3 is 2.28 bits per heavy atom. The minimum absolute atomic E-state index is 0.150. The number of halogens is 1. The standard InChI is InChI=1S/C21H26FN3O3S/c1-16(2)18-6-10-20(11-7-18)23-21(26)15-25-13-3-12-24(29(25,27)28)14-17-4-8-19(22)9-5-17/h4-11,16H,3,12-15H2,1-2H3,(H,23,26). The topological polar surface area (TPSA) is 69.7 Å². The molecule has 1 heterocycles. The van der Waals surface area contributed by atoms with Crippen molar-refractivity contribution in [1.82, 2.24) is 8.61 Å². The Hall–Kier alpha value is -2.29. The van der Waals surface area contributed by atoms with E-state index in [-0.39, 0.29) is 24.8 Å². The lowest BCUT2D eigenvalue weighted by Gasteiger charge is -2.34. The van der Waals surface area contributed by atoms with Gasteiger partial charge in [0.2, 0.25) is 5.91 Å². The van der Waals surface area contributed by atoms with E-state index >= 15 is 0 Å². The summed E-state index contributed by atoms with van der Waals surface area (Å²) in [5, 5.41) is 2.76. The molecule has 1 aliphatic rings. The number of anilines is 1. The third kappa shape index (κ3) is 5.41. The van der Waals surface area contributed by atoms with Crippen molar-refractivity contribution in [3.63, 3.8) is 0 Å². The summed E-state index contributed by atoms with van der Waals surface area (Å²) < 4.78 is 41.4. The van der Waals surface area contributed by atoms with Gasteiger partial charge < -0.3 is 5.32 Å². The van der Waals surface area contributed by atoms with Crippen LogP contribution in [0.15, 0.2) is 48.5 Å². The second-order valence-corrected chi connectivity index (χ2v) is 9.41. The van der Waals surface area contributed by atoms with Crippen molar-refractivity contribution < 1.29 is 17.6 Å². The van der Waals surface area contributed by atoms with Crippen molar-refractivity contribution in [2.24, 2.45) is 0 Å². The molecule has 0 unspecified atom stereocenters. The van der Waals surface area contributed by atoms with Gasteiger partial charge in [-0.2, -0.15) is 17.0 Å². The highest BCUT2D eigenvalue weighted by Gasteiger charge is 2.34. The van der Waals surface area contributed by atoms with Crippen LogP contribution in [-0.4, -0.2) is 42.6 Å². The van der Waals surface area contributed by atoms with Crippen LogP contribution in [0.5, 0.6) is 0 Å². The van der Waals surface area contributed by atoms with Gasteiger partial charge in [0.05, 0.1) is 6.54 Å². The molecule has 1 saturated heterocycles. The van der Waals surface area contributed by atoms with Crippen LogP contribution in [-0.2, 0) is 21.5 Å². The van der Waals surface area contributed by atoms with Crippen LogP contribution in [0.1, 0.15) is 37.3 Å². The molecule has 8 heteroatoms. The SMILES string of the molecule is CC(C)c1ccc(NC(=O)CN2CCCN(Cc3ccc(F)cc3)S2(=O)=O)cc1. The lowest BCUT2D eigenvalue weighted by atomic mass is 10.0. The average Bonchev–Trinajstić information content (AvgIpc) is 2.67. The van der Waals surface area contributed by atoms with Crippen molar-refractivity contribution in [2.45, 2.75) is 32.7 Å². The third-order valence-electron chi connectivity index (χ3n) is 4.92. The first-order valence-corrected chi connectivity index (χ1v) is 11.0. The Morgan fingerprint density at radius 2 is 1.66 bits per heavy atom. The number of nitrogens with zero attached hydrogens (tertiary/aromatic N) is 2. The normalized spacial score (nSPS) is 17.4. The molecule has 0 aromatic heterocycles. The molecule has 0 spiro atoms. The molecule has 0 saturated carbocycles. The lowest BCUT2D eigenvalue weighted by Crippen LogP contribution is -2.51. The molecule has 6 nitrogen and oxygen atoms in total. The van der Waals surface area contributed by atoms with E-state index in [0.29, 0.717) is 36.7 Å². The van der Waals surface area contributed by atoms with E-state index in [1.165, 1.54) is 20.7 Å². The van der Waals surface area contributed by atoms with Crippen molar-refractivity contribution in [2.75, 3.05) is 25.0 Å². The summed E-state index contributed by atoms with van der Waals surface area (Å²) in [5.74, 6) is -0.352. The molecular weight excluding hydrogens is 393 g/mol. The van der Waals surface area contributed by atoms with Gasteiger partial charge in [0.15, 0.2) is 0 Å². The first-order chi connectivity index (χ1) is 13.8. The number of carbonyl (C=O) groups is 1. The Bertz CT molecular complexity index is 944. The van der Waals surface area contributed by atoms with E-state index in [1.54, 1.807) is 12.1 Å². The van der Waals surface area contributed by atoms with E-state index < -0.39 is 10.2 Å². The monoisotopic (exact) mass is 419 g/mol. The first-order valence-electron chi connectivity index (χ1n) is 9.65. The van der Waals surface area contributed by atoms with E-state index in [9.17, 15) is 17.6 Å². The summed E-state index contributed by atoms with van der Waals surface area (Å²) in [7, 11) is -3.77. The van der Waals surface area contributed by atoms with Gasteiger partial charge in [-0.3, -0.25) is 4.79 Å². The summed E-state index contributed by atoms with van der Waals surface area (Å²) in [6.07, 6.45) is 0.622. The average molecular weight is 420 g/mol. The van der Waals surface area contributed by atoms with Crippen molar-refractivity contribution >= 4 is 21.8 Å². The fourth-order valence-electron chi connectivity index (χ4n) is 3.24. The molecule has 1 fully saturated rings.